The van der Waals surface area contributed by atoms with Crippen molar-refractivity contribution in [3.8, 4) is 28.0 Å². The molecule has 3 aromatic carbocycles. The molecule has 1 aliphatic rings. The van der Waals surface area contributed by atoms with Crippen LogP contribution in [0.5, 0.6) is 5.75 Å². The van der Waals surface area contributed by atoms with E-state index in [1.807, 2.05) is 6.07 Å². The molecule has 0 saturated carbocycles. The molecule has 0 N–H and O–H groups in total. The molecular weight excluding hydrogens is 416 g/mol. The van der Waals surface area contributed by atoms with Crippen LogP contribution in [0.15, 0.2) is 54.6 Å². The minimum atomic E-state index is -4.75. The van der Waals surface area contributed by atoms with E-state index in [9.17, 15) is 13.2 Å². The summed E-state index contributed by atoms with van der Waals surface area (Å²) in [5, 5.41) is 0. The summed E-state index contributed by atoms with van der Waals surface area (Å²) in [6, 6.07) is 15.3. The standard InChI is InChI=1S/C27H26F4O/c1-2-3-4-5-6-7-18-8-13-22-20(16-18)17-25-24(22)15-14-23(26(25)28)19-9-11-21(12-10-19)32-27(29,30)31/h8-16H,2-7,17H2,1H3. The summed E-state index contributed by atoms with van der Waals surface area (Å²) < 4.78 is 56.4. The Kier molecular flexibility index (Phi) is 6.54. The van der Waals surface area contributed by atoms with E-state index in [2.05, 4.69) is 29.9 Å². The van der Waals surface area contributed by atoms with Gasteiger partial charge in [0.1, 0.15) is 11.6 Å². The maximum Gasteiger partial charge on any atom is 0.573 e. The van der Waals surface area contributed by atoms with Crippen molar-refractivity contribution in [3.63, 3.8) is 0 Å². The van der Waals surface area contributed by atoms with E-state index in [-0.39, 0.29) is 11.6 Å². The van der Waals surface area contributed by atoms with Crippen LogP contribution < -0.4 is 4.74 Å². The number of hydrogen-bond donors (Lipinski definition) is 0. The van der Waals surface area contributed by atoms with Gasteiger partial charge in [0.25, 0.3) is 0 Å². The predicted molar refractivity (Wildman–Crippen MR) is 119 cm³/mol. The zero-order valence-corrected chi connectivity index (χ0v) is 18.1. The molecule has 1 aliphatic carbocycles. The summed E-state index contributed by atoms with van der Waals surface area (Å²) >= 11 is 0. The zero-order chi connectivity index (χ0) is 22.7. The van der Waals surface area contributed by atoms with Crippen molar-refractivity contribution in [3.05, 3.63) is 77.1 Å². The van der Waals surface area contributed by atoms with Crippen LogP contribution in [0.1, 0.15) is 55.7 Å². The Morgan fingerprint density at radius 1 is 0.812 bits per heavy atom. The van der Waals surface area contributed by atoms with Gasteiger partial charge >= 0.3 is 6.36 Å². The van der Waals surface area contributed by atoms with Crippen LogP contribution in [0.4, 0.5) is 17.6 Å². The van der Waals surface area contributed by atoms with Crippen molar-refractivity contribution in [2.75, 3.05) is 0 Å². The van der Waals surface area contributed by atoms with Crippen molar-refractivity contribution in [2.24, 2.45) is 0 Å². The van der Waals surface area contributed by atoms with Gasteiger partial charge in [-0.3, -0.25) is 0 Å². The SMILES string of the molecule is CCCCCCCc1ccc2c(c1)Cc1c-2ccc(-c2ccc(OC(F)(F)F)cc2)c1F. The van der Waals surface area contributed by atoms with Crippen LogP contribution >= 0.6 is 0 Å². The molecule has 32 heavy (non-hydrogen) atoms. The van der Waals surface area contributed by atoms with E-state index in [0.29, 0.717) is 23.1 Å². The first kappa shape index (κ1) is 22.4. The summed E-state index contributed by atoms with van der Waals surface area (Å²) in [5.74, 6) is -0.637. The molecule has 0 saturated heterocycles. The second kappa shape index (κ2) is 9.35. The lowest BCUT2D eigenvalue weighted by molar-refractivity contribution is -0.274. The quantitative estimate of drug-likeness (QED) is 0.196. The molecule has 0 unspecified atom stereocenters. The van der Waals surface area contributed by atoms with Crippen LogP contribution in [0.25, 0.3) is 22.3 Å². The summed E-state index contributed by atoms with van der Waals surface area (Å²) in [5.41, 5.74) is 5.93. The number of unbranched alkanes of at least 4 members (excludes halogenated alkanes) is 4. The van der Waals surface area contributed by atoms with Gasteiger partial charge in [0.2, 0.25) is 0 Å². The highest BCUT2D eigenvalue weighted by molar-refractivity contribution is 5.81. The van der Waals surface area contributed by atoms with Gasteiger partial charge in [-0.1, -0.05) is 75.1 Å². The summed E-state index contributed by atoms with van der Waals surface area (Å²) in [6.07, 6.45) is 2.99. The minimum absolute atomic E-state index is 0.315. The van der Waals surface area contributed by atoms with E-state index in [4.69, 9.17) is 0 Å². The molecule has 4 rings (SSSR count). The van der Waals surface area contributed by atoms with Crippen molar-refractivity contribution >= 4 is 0 Å². The predicted octanol–water partition coefficient (Wildman–Crippen LogP) is 8.48. The number of fused-ring (bicyclic) bond motifs is 3. The molecule has 0 aromatic heterocycles. The second-order valence-corrected chi connectivity index (χ2v) is 8.36. The Labute approximate surface area is 186 Å². The van der Waals surface area contributed by atoms with Gasteiger partial charge in [0, 0.05) is 17.5 Å². The Balaban J connectivity index is 1.51. The highest BCUT2D eigenvalue weighted by Crippen LogP contribution is 2.41. The van der Waals surface area contributed by atoms with Gasteiger partial charge in [-0.2, -0.15) is 0 Å². The topological polar surface area (TPSA) is 9.23 Å². The lowest BCUT2D eigenvalue weighted by Crippen LogP contribution is -2.16. The number of aryl methyl sites for hydroxylation is 1. The van der Waals surface area contributed by atoms with E-state index < -0.39 is 6.36 Å². The Morgan fingerprint density at radius 2 is 1.50 bits per heavy atom. The monoisotopic (exact) mass is 442 g/mol. The molecule has 0 radical (unpaired) electrons. The van der Waals surface area contributed by atoms with E-state index in [1.54, 1.807) is 6.07 Å². The van der Waals surface area contributed by atoms with Gasteiger partial charge in [0.05, 0.1) is 0 Å². The fraction of sp³-hybridized carbons (Fsp3) is 0.333. The molecule has 5 heteroatoms. The number of rotatable bonds is 8. The molecule has 0 amide bonds. The minimum Gasteiger partial charge on any atom is -0.406 e. The average molecular weight is 442 g/mol. The molecule has 0 atom stereocenters. The third-order valence-electron chi connectivity index (χ3n) is 6.04. The molecule has 3 aromatic rings. The fourth-order valence-corrected chi connectivity index (χ4v) is 4.44. The first-order valence-corrected chi connectivity index (χ1v) is 11.2. The summed E-state index contributed by atoms with van der Waals surface area (Å²) in [6.45, 7) is 2.21. The molecule has 1 nitrogen and oxygen atoms in total. The van der Waals surface area contributed by atoms with E-state index >= 15 is 4.39 Å². The summed E-state index contributed by atoms with van der Waals surface area (Å²) in [7, 11) is 0. The molecule has 0 fully saturated rings. The van der Waals surface area contributed by atoms with Crippen molar-refractivity contribution in [2.45, 2.75) is 58.2 Å². The number of benzene rings is 3. The normalized spacial score (nSPS) is 12.5. The van der Waals surface area contributed by atoms with E-state index in [0.717, 1.165) is 29.5 Å². The number of ether oxygens (including phenoxy) is 1. The van der Waals surface area contributed by atoms with Crippen LogP contribution in [0.2, 0.25) is 0 Å². The van der Waals surface area contributed by atoms with E-state index in [1.165, 1.54) is 55.5 Å². The molecule has 0 aliphatic heterocycles. The lowest BCUT2D eigenvalue weighted by Gasteiger charge is -2.11. The Hall–Kier alpha value is -2.82. The van der Waals surface area contributed by atoms with Gasteiger partial charge in [-0.25, -0.2) is 4.39 Å². The smallest absolute Gasteiger partial charge is 0.406 e. The maximum atomic E-state index is 15.4. The van der Waals surface area contributed by atoms with Crippen LogP contribution in [0, 0.1) is 5.82 Å². The van der Waals surface area contributed by atoms with Gasteiger partial charge in [-0.05, 0) is 52.8 Å². The van der Waals surface area contributed by atoms with Crippen LogP contribution in [-0.4, -0.2) is 6.36 Å². The largest absolute Gasteiger partial charge is 0.573 e. The fourth-order valence-electron chi connectivity index (χ4n) is 4.44. The second-order valence-electron chi connectivity index (χ2n) is 8.36. The Bertz CT molecular complexity index is 1080. The van der Waals surface area contributed by atoms with Gasteiger partial charge in [-0.15, -0.1) is 13.2 Å². The van der Waals surface area contributed by atoms with Crippen molar-refractivity contribution in [1.29, 1.82) is 0 Å². The van der Waals surface area contributed by atoms with Crippen molar-refractivity contribution < 1.29 is 22.3 Å². The molecule has 0 bridgehead atoms. The van der Waals surface area contributed by atoms with Gasteiger partial charge < -0.3 is 4.74 Å². The number of alkyl halides is 3. The number of halogens is 4. The molecule has 168 valence electrons. The maximum absolute atomic E-state index is 15.4. The van der Waals surface area contributed by atoms with Crippen molar-refractivity contribution in [1.82, 2.24) is 0 Å². The highest BCUT2D eigenvalue weighted by atomic mass is 19.4. The average Bonchev–Trinajstić information content (AvgIpc) is 3.12. The molecular formula is C27H26F4O. The zero-order valence-electron chi connectivity index (χ0n) is 18.1. The Morgan fingerprint density at radius 3 is 2.22 bits per heavy atom. The first-order valence-electron chi connectivity index (χ1n) is 11.2. The third-order valence-corrected chi connectivity index (χ3v) is 6.04. The third kappa shape index (κ3) is 4.98. The lowest BCUT2D eigenvalue weighted by atomic mass is 9.97. The molecule has 0 spiro atoms. The number of hydrogen-bond acceptors (Lipinski definition) is 1. The van der Waals surface area contributed by atoms with Crippen LogP contribution in [0.3, 0.4) is 0 Å². The molecule has 0 heterocycles. The summed E-state index contributed by atoms with van der Waals surface area (Å²) in [4.78, 5) is 0. The first-order chi connectivity index (χ1) is 15.4. The van der Waals surface area contributed by atoms with Gasteiger partial charge in [0.15, 0.2) is 0 Å². The van der Waals surface area contributed by atoms with Crippen LogP contribution in [-0.2, 0) is 12.8 Å². The highest BCUT2D eigenvalue weighted by Gasteiger charge is 2.31.